The Kier molecular flexibility index (Phi) is 3.12. The first-order valence-corrected chi connectivity index (χ1v) is 7.90. The molecule has 4 rings (SSSR count). The molecule has 0 radical (unpaired) electrons. The minimum atomic E-state index is 1.02. The summed E-state index contributed by atoms with van der Waals surface area (Å²) in [7, 11) is 2.08. The summed E-state index contributed by atoms with van der Waals surface area (Å²) in [4.78, 5) is 4.66. The lowest BCUT2D eigenvalue weighted by molar-refractivity contribution is -0.669. The third kappa shape index (κ3) is 2.10. The molecular weight excluding hydrogens is 280 g/mol. The van der Waals surface area contributed by atoms with Crippen LogP contribution in [0.1, 0.15) is 11.3 Å². The number of aromatic nitrogens is 2. The van der Waals surface area contributed by atoms with Gasteiger partial charge in [0.2, 0.25) is 0 Å². The fraction of sp³-hybridized carbons (Fsp3) is 0.143. The monoisotopic (exact) mass is 299 g/mol. The SMILES string of the molecule is Cc1ccc2c(ccc3ccccc32)c1-c1nccc(C)[n+]1C. The highest BCUT2D eigenvalue weighted by Gasteiger charge is 2.19. The molecule has 1 aromatic heterocycles. The molecule has 0 aliphatic carbocycles. The topological polar surface area (TPSA) is 16.8 Å². The maximum absolute atomic E-state index is 4.66. The smallest absolute Gasteiger partial charge is 0.230 e. The highest BCUT2D eigenvalue weighted by atomic mass is 15.0. The molecule has 0 saturated carbocycles. The van der Waals surface area contributed by atoms with Crippen LogP contribution < -0.4 is 4.57 Å². The van der Waals surface area contributed by atoms with E-state index in [0.29, 0.717) is 0 Å². The first kappa shape index (κ1) is 13.9. The van der Waals surface area contributed by atoms with Crippen LogP contribution in [-0.4, -0.2) is 4.98 Å². The predicted molar refractivity (Wildman–Crippen MR) is 95.3 cm³/mol. The summed E-state index contributed by atoms with van der Waals surface area (Å²) in [6, 6.07) is 19.5. The van der Waals surface area contributed by atoms with Crippen molar-refractivity contribution in [2.24, 2.45) is 7.05 Å². The van der Waals surface area contributed by atoms with E-state index in [1.807, 2.05) is 12.3 Å². The van der Waals surface area contributed by atoms with Gasteiger partial charge in [0.05, 0.1) is 12.6 Å². The van der Waals surface area contributed by atoms with Crippen molar-refractivity contribution in [1.82, 2.24) is 4.98 Å². The molecule has 2 heteroatoms. The molecule has 0 fully saturated rings. The Hall–Kier alpha value is -2.74. The van der Waals surface area contributed by atoms with E-state index in [1.54, 1.807) is 0 Å². The van der Waals surface area contributed by atoms with E-state index in [9.17, 15) is 0 Å². The lowest BCUT2D eigenvalue weighted by Crippen LogP contribution is -2.35. The molecule has 2 nitrogen and oxygen atoms in total. The number of benzene rings is 3. The van der Waals surface area contributed by atoms with Crippen molar-refractivity contribution in [1.29, 1.82) is 0 Å². The van der Waals surface area contributed by atoms with Crippen molar-refractivity contribution in [3.05, 3.63) is 72.1 Å². The van der Waals surface area contributed by atoms with Crippen LogP contribution in [-0.2, 0) is 7.05 Å². The number of hydrogen-bond acceptors (Lipinski definition) is 1. The maximum atomic E-state index is 4.66. The standard InChI is InChI=1S/C21H19N2/c1-14-8-10-18-17-7-5-4-6-16(17)9-11-19(18)20(14)21-22-13-12-15(2)23(21)3/h4-13H,1-3H3/q+1. The zero-order chi connectivity index (χ0) is 16.0. The molecule has 0 spiro atoms. The lowest BCUT2D eigenvalue weighted by Gasteiger charge is -2.11. The number of rotatable bonds is 1. The van der Waals surface area contributed by atoms with E-state index in [-0.39, 0.29) is 0 Å². The van der Waals surface area contributed by atoms with Crippen molar-refractivity contribution < 1.29 is 4.57 Å². The zero-order valence-corrected chi connectivity index (χ0v) is 13.7. The van der Waals surface area contributed by atoms with Crippen molar-refractivity contribution >= 4 is 21.5 Å². The first-order chi connectivity index (χ1) is 11.2. The largest absolute Gasteiger partial charge is 0.331 e. The second-order valence-corrected chi connectivity index (χ2v) is 6.11. The van der Waals surface area contributed by atoms with Crippen LogP contribution in [0.2, 0.25) is 0 Å². The average Bonchev–Trinajstić information content (AvgIpc) is 2.57. The van der Waals surface area contributed by atoms with E-state index in [4.69, 9.17) is 0 Å². The highest BCUT2D eigenvalue weighted by Crippen LogP contribution is 2.33. The summed E-state index contributed by atoms with van der Waals surface area (Å²) < 4.78 is 2.16. The van der Waals surface area contributed by atoms with E-state index in [0.717, 1.165) is 5.82 Å². The first-order valence-electron chi connectivity index (χ1n) is 7.90. The van der Waals surface area contributed by atoms with Crippen LogP contribution in [0.5, 0.6) is 0 Å². The Morgan fingerprint density at radius 3 is 2.43 bits per heavy atom. The Morgan fingerprint density at radius 2 is 1.57 bits per heavy atom. The Bertz CT molecular complexity index is 1050. The second-order valence-electron chi connectivity index (χ2n) is 6.11. The third-order valence-corrected chi connectivity index (χ3v) is 4.72. The molecule has 0 aliphatic rings. The Morgan fingerprint density at radius 1 is 0.783 bits per heavy atom. The molecule has 0 saturated heterocycles. The van der Waals surface area contributed by atoms with Crippen LogP contribution in [0.4, 0.5) is 0 Å². The summed E-state index contributed by atoms with van der Waals surface area (Å²) in [6.45, 7) is 4.27. The molecule has 112 valence electrons. The average molecular weight is 299 g/mol. The number of fused-ring (bicyclic) bond motifs is 3. The van der Waals surface area contributed by atoms with Crippen LogP contribution in [0, 0.1) is 13.8 Å². The molecule has 4 aromatic rings. The third-order valence-electron chi connectivity index (χ3n) is 4.72. The van der Waals surface area contributed by atoms with Crippen LogP contribution in [0.3, 0.4) is 0 Å². The maximum Gasteiger partial charge on any atom is 0.331 e. The van der Waals surface area contributed by atoms with Crippen molar-refractivity contribution in [2.75, 3.05) is 0 Å². The molecule has 0 unspecified atom stereocenters. The molecule has 0 N–H and O–H groups in total. The van der Waals surface area contributed by atoms with Gasteiger partial charge in [-0.15, -0.1) is 0 Å². The molecule has 0 atom stereocenters. The van der Waals surface area contributed by atoms with Gasteiger partial charge in [-0.2, -0.15) is 0 Å². The summed E-state index contributed by atoms with van der Waals surface area (Å²) >= 11 is 0. The molecular formula is C21H19N2+. The molecule has 1 heterocycles. The van der Waals surface area contributed by atoms with Gasteiger partial charge in [0.25, 0.3) is 0 Å². The predicted octanol–water partition coefficient (Wildman–Crippen LogP) is 4.50. The van der Waals surface area contributed by atoms with Gasteiger partial charge >= 0.3 is 5.82 Å². The van der Waals surface area contributed by atoms with Crippen molar-refractivity contribution in [2.45, 2.75) is 13.8 Å². The van der Waals surface area contributed by atoms with E-state index < -0.39 is 0 Å². The van der Waals surface area contributed by atoms with E-state index in [2.05, 4.69) is 79.0 Å². The summed E-state index contributed by atoms with van der Waals surface area (Å²) in [5, 5.41) is 5.11. The highest BCUT2D eigenvalue weighted by molar-refractivity contribution is 6.11. The van der Waals surface area contributed by atoms with E-state index in [1.165, 1.54) is 38.4 Å². The lowest BCUT2D eigenvalue weighted by atomic mass is 9.95. The summed E-state index contributed by atoms with van der Waals surface area (Å²) in [5.74, 6) is 1.02. The van der Waals surface area contributed by atoms with Gasteiger partial charge < -0.3 is 0 Å². The van der Waals surface area contributed by atoms with E-state index >= 15 is 0 Å². The quantitative estimate of drug-likeness (QED) is 0.373. The van der Waals surface area contributed by atoms with Crippen LogP contribution in [0.25, 0.3) is 32.9 Å². The second kappa shape index (κ2) is 5.17. The number of aryl methyl sites for hydroxylation is 2. The normalized spacial score (nSPS) is 11.3. The number of hydrogen-bond donors (Lipinski definition) is 0. The number of nitrogens with zero attached hydrogens (tertiary/aromatic N) is 2. The van der Waals surface area contributed by atoms with Crippen molar-refractivity contribution in [3.8, 4) is 11.4 Å². The Labute approximate surface area is 136 Å². The Balaban J connectivity index is 2.16. The minimum Gasteiger partial charge on any atom is -0.230 e. The minimum absolute atomic E-state index is 1.02. The molecule has 0 amide bonds. The van der Waals surface area contributed by atoms with Gasteiger partial charge in [-0.1, -0.05) is 48.5 Å². The summed E-state index contributed by atoms with van der Waals surface area (Å²) in [6.07, 6.45) is 1.89. The fourth-order valence-corrected chi connectivity index (χ4v) is 3.31. The molecule has 23 heavy (non-hydrogen) atoms. The molecule has 3 aromatic carbocycles. The van der Waals surface area contributed by atoms with Gasteiger partial charge in [0.1, 0.15) is 11.9 Å². The molecule has 0 aliphatic heterocycles. The van der Waals surface area contributed by atoms with Crippen LogP contribution >= 0.6 is 0 Å². The van der Waals surface area contributed by atoms with Gasteiger partial charge in [-0.25, -0.2) is 4.57 Å². The van der Waals surface area contributed by atoms with Gasteiger partial charge in [0, 0.05) is 6.07 Å². The fourth-order valence-electron chi connectivity index (χ4n) is 3.31. The van der Waals surface area contributed by atoms with Crippen LogP contribution in [0.15, 0.2) is 60.8 Å². The van der Waals surface area contributed by atoms with Gasteiger partial charge in [-0.05, 0) is 45.9 Å². The molecule has 0 bridgehead atoms. The zero-order valence-electron chi connectivity index (χ0n) is 13.7. The van der Waals surface area contributed by atoms with Gasteiger partial charge in [-0.3, -0.25) is 0 Å². The van der Waals surface area contributed by atoms with Crippen molar-refractivity contribution in [3.63, 3.8) is 0 Å². The van der Waals surface area contributed by atoms with Gasteiger partial charge in [0.15, 0.2) is 0 Å². The summed E-state index contributed by atoms with van der Waals surface area (Å²) in [5.41, 5.74) is 3.67.